The van der Waals surface area contributed by atoms with Crippen LogP contribution in [-0.4, -0.2) is 59.9 Å². The van der Waals surface area contributed by atoms with Crippen molar-refractivity contribution in [1.29, 1.82) is 0 Å². The molecule has 1 amide bonds. The fourth-order valence-electron chi connectivity index (χ4n) is 3.00. The highest BCUT2D eigenvalue weighted by Crippen LogP contribution is 2.36. The normalized spacial score (nSPS) is 11.0. The molecule has 7 nitrogen and oxygen atoms in total. The summed E-state index contributed by atoms with van der Waals surface area (Å²) >= 11 is 1.52. The fraction of sp³-hybridized carbons (Fsp3) is 0.450. The minimum atomic E-state index is -0.123. The van der Waals surface area contributed by atoms with E-state index in [0.717, 1.165) is 41.0 Å². The van der Waals surface area contributed by atoms with Gasteiger partial charge in [0.1, 0.15) is 11.3 Å². The van der Waals surface area contributed by atoms with Gasteiger partial charge < -0.3 is 9.64 Å². The number of anilines is 1. The molecule has 0 aliphatic heterocycles. The lowest BCUT2D eigenvalue weighted by atomic mass is 10.2. The molecule has 0 bridgehead atoms. The number of halogens is 1. The molecule has 0 spiro atoms. The molecule has 0 atom stereocenters. The quantitative estimate of drug-likeness (QED) is 0.535. The lowest BCUT2D eigenvalue weighted by Gasteiger charge is -2.20. The molecule has 3 rings (SSSR count). The van der Waals surface area contributed by atoms with E-state index in [4.69, 9.17) is 9.72 Å². The summed E-state index contributed by atoms with van der Waals surface area (Å²) in [6.45, 7) is 6.24. The maximum atomic E-state index is 13.2. The third-order valence-electron chi connectivity index (χ3n) is 4.56. The fourth-order valence-corrected chi connectivity index (χ4v) is 4.07. The predicted molar refractivity (Wildman–Crippen MR) is 121 cm³/mol. The summed E-state index contributed by atoms with van der Waals surface area (Å²) in [5.41, 5.74) is 2.36. The standard InChI is InChI=1S/C20H27N5O2S.ClH/c1-6-24-13-10-15(22-24)19(26)25(12-7-11-23(3)4)20-21-17-16(27-5)9-8-14(2)18(17)28-20;/h8-10,13H,6-7,11-12H2,1-5H3;1H. The van der Waals surface area contributed by atoms with E-state index in [2.05, 4.69) is 10.00 Å². The van der Waals surface area contributed by atoms with E-state index in [-0.39, 0.29) is 18.3 Å². The number of ether oxygens (including phenoxy) is 1. The van der Waals surface area contributed by atoms with Crippen LogP contribution in [-0.2, 0) is 6.54 Å². The van der Waals surface area contributed by atoms with Gasteiger partial charge in [-0.1, -0.05) is 17.4 Å². The summed E-state index contributed by atoms with van der Waals surface area (Å²) in [7, 11) is 5.70. The molecule has 29 heavy (non-hydrogen) atoms. The topological polar surface area (TPSA) is 63.5 Å². The molecule has 0 aliphatic rings. The van der Waals surface area contributed by atoms with Gasteiger partial charge in [-0.15, -0.1) is 12.4 Å². The first-order valence-electron chi connectivity index (χ1n) is 9.38. The van der Waals surface area contributed by atoms with Gasteiger partial charge in [0.2, 0.25) is 0 Å². The largest absolute Gasteiger partial charge is 0.494 e. The van der Waals surface area contributed by atoms with Crippen molar-refractivity contribution < 1.29 is 9.53 Å². The number of aromatic nitrogens is 3. The Labute approximate surface area is 181 Å². The molecule has 158 valence electrons. The van der Waals surface area contributed by atoms with Crippen molar-refractivity contribution in [1.82, 2.24) is 19.7 Å². The Morgan fingerprint density at radius 1 is 1.24 bits per heavy atom. The van der Waals surface area contributed by atoms with Gasteiger partial charge in [-0.25, -0.2) is 4.98 Å². The summed E-state index contributed by atoms with van der Waals surface area (Å²) in [5, 5.41) is 5.07. The van der Waals surface area contributed by atoms with Gasteiger partial charge in [0.25, 0.3) is 5.91 Å². The van der Waals surface area contributed by atoms with Crippen LogP contribution in [0.5, 0.6) is 5.75 Å². The van der Waals surface area contributed by atoms with E-state index in [1.807, 2.05) is 46.3 Å². The molecule has 0 saturated heterocycles. The molecule has 0 N–H and O–H groups in total. The number of hydrogen-bond donors (Lipinski definition) is 0. The summed E-state index contributed by atoms with van der Waals surface area (Å²) < 4.78 is 8.27. The first-order valence-corrected chi connectivity index (χ1v) is 10.2. The van der Waals surface area contributed by atoms with Crippen LogP contribution in [0.3, 0.4) is 0 Å². The Balaban J connectivity index is 0.00000300. The van der Waals surface area contributed by atoms with Gasteiger partial charge in [-0.3, -0.25) is 14.4 Å². The van der Waals surface area contributed by atoms with E-state index in [9.17, 15) is 4.79 Å². The number of amides is 1. The smallest absolute Gasteiger partial charge is 0.280 e. The first kappa shape index (κ1) is 23.1. The first-order chi connectivity index (χ1) is 13.4. The minimum absolute atomic E-state index is 0. The Hall–Kier alpha value is -2.16. The number of nitrogens with zero attached hydrogens (tertiary/aromatic N) is 5. The van der Waals surface area contributed by atoms with Crippen LogP contribution < -0.4 is 9.64 Å². The number of fused-ring (bicyclic) bond motifs is 1. The molecule has 0 saturated carbocycles. The SMILES string of the molecule is CCn1ccc(C(=O)N(CCCN(C)C)c2nc3c(OC)ccc(C)c3s2)n1.Cl. The van der Waals surface area contributed by atoms with Crippen LogP contribution >= 0.6 is 23.7 Å². The van der Waals surface area contributed by atoms with E-state index < -0.39 is 0 Å². The molecular formula is C20H28ClN5O2S. The third kappa shape index (κ3) is 5.07. The van der Waals surface area contributed by atoms with Crippen molar-refractivity contribution in [2.75, 3.05) is 39.2 Å². The van der Waals surface area contributed by atoms with E-state index >= 15 is 0 Å². The van der Waals surface area contributed by atoms with Gasteiger partial charge in [0.05, 0.1) is 11.8 Å². The van der Waals surface area contributed by atoms with Gasteiger partial charge in [0.15, 0.2) is 10.8 Å². The summed E-state index contributed by atoms with van der Waals surface area (Å²) in [6, 6.07) is 5.70. The lowest BCUT2D eigenvalue weighted by Crippen LogP contribution is -2.33. The van der Waals surface area contributed by atoms with Crippen LogP contribution in [0, 0.1) is 6.92 Å². The summed E-state index contributed by atoms with van der Waals surface area (Å²) in [5.74, 6) is 0.598. The molecule has 0 aliphatic carbocycles. The summed E-state index contributed by atoms with van der Waals surface area (Å²) in [4.78, 5) is 21.9. The highest BCUT2D eigenvalue weighted by atomic mass is 35.5. The zero-order chi connectivity index (χ0) is 20.3. The Morgan fingerprint density at radius 2 is 2.00 bits per heavy atom. The van der Waals surface area contributed by atoms with Gasteiger partial charge in [-0.2, -0.15) is 5.10 Å². The average molecular weight is 438 g/mol. The average Bonchev–Trinajstić information content (AvgIpc) is 3.32. The van der Waals surface area contributed by atoms with Crippen LogP contribution in [0.15, 0.2) is 24.4 Å². The maximum Gasteiger partial charge on any atom is 0.280 e. The number of carbonyl (C=O) groups is 1. The molecule has 9 heteroatoms. The minimum Gasteiger partial charge on any atom is -0.494 e. The van der Waals surface area contributed by atoms with Crippen LogP contribution in [0.1, 0.15) is 29.4 Å². The second-order valence-corrected chi connectivity index (χ2v) is 7.91. The maximum absolute atomic E-state index is 13.2. The Morgan fingerprint density at radius 3 is 2.62 bits per heavy atom. The number of benzene rings is 1. The van der Waals surface area contributed by atoms with Gasteiger partial charge >= 0.3 is 0 Å². The molecule has 0 radical (unpaired) electrons. The van der Waals surface area contributed by atoms with E-state index in [0.29, 0.717) is 17.4 Å². The highest BCUT2D eigenvalue weighted by molar-refractivity contribution is 7.22. The monoisotopic (exact) mass is 437 g/mol. The van der Waals surface area contributed by atoms with Crippen molar-refractivity contribution >= 4 is 45.0 Å². The van der Waals surface area contributed by atoms with Gasteiger partial charge in [0, 0.05) is 19.3 Å². The zero-order valence-electron chi connectivity index (χ0n) is 17.5. The Kier molecular flexibility index (Phi) is 8.01. The van der Waals surface area contributed by atoms with Crippen molar-refractivity contribution in [3.05, 3.63) is 35.7 Å². The molecule has 2 aromatic heterocycles. The van der Waals surface area contributed by atoms with Crippen LogP contribution in [0.4, 0.5) is 5.13 Å². The molecule has 0 unspecified atom stereocenters. The second kappa shape index (κ2) is 10.0. The number of carbonyl (C=O) groups excluding carboxylic acids is 1. The van der Waals surface area contributed by atoms with Gasteiger partial charge in [-0.05, 0) is 58.6 Å². The zero-order valence-corrected chi connectivity index (χ0v) is 19.1. The molecule has 0 fully saturated rings. The van der Waals surface area contributed by atoms with E-state index in [1.54, 1.807) is 22.8 Å². The van der Waals surface area contributed by atoms with Crippen molar-refractivity contribution in [3.8, 4) is 5.75 Å². The highest BCUT2D eigenvalue weighted by Gasteiger charge is 2.24. The number of thiazole rings is 1. The number of aryl methyl sites for hydroxylation is 2. The molecule has 1 aromatic carbocycles. The third-order valence-corrected chi connectivity index (χ3v) is 5.77. The predicted octanol–water partition coefficient (Wildman–Crippen LogP) is 3.85. The molecule has 2 heterocycles. The molecular weight excluding hydrogens is 410 g/mol. The molecule has 3 aromatic rings. The lowest BCUT2D eigenvalue weighted by molar-refractivity contribution is 0.0980. The number of hydrogen-bond acceptors (Lipinski definition) is 6. The second-order valence-electron chi connectivity index (χ2n) is 6.93. The van der Waals surface area contributed by atoms with Crippen LogP contribution in [0.25, 0.3) is 10.2 Å². The van der Waals surface area contributed by atoms with Crippen molar-refractivity contribution in [3.63, 3.8) is 0 Å². The summed E-state index contributed by atoms with van der Waals surface area (Å²) in [6.07, 6.45) is 2.68. The number of rotatable bonds is 8. The van der Waals surface area contributed by atoms with E-state index in [1.165, 1.54) is 11.3 Å². The van der Waals surface area contributed by atoms with Crippen molar-refractivity contribution in [2.45, 2.75) is 26.8 Å². The number of methoxy groups -OCH3 is 1. The van der Waals surface area contributed by atoms with Crippen molar-refractivity contribution in [2.24, 2.45) is 0 Å². The van der Waals surface area contributed by atoms with Crippen LogP contribution in [0.2, 0.25) is 0 Å². The Bertz CT molecular complexity index is 969.